The molecule has 0 aromatic carbocycles. The van der Waals surface area contributed by atoms with Gasteiger partial charge in [-0.3, -0.25) is 0 Å². The molecule has 0 fully saturated rings. The van der Waals surface area contributed by atoms with Gasteiger partial charge in [0.05, 0.1) is 20.3 Å². The first kappa shape index (κ1) is 15.9. The lowest BCUT2D eigenvalue weighted by atomic mass is 9.99. The molecule has 2 rings (SSSR count). The predicted molar refractivity (Wildman–Crippen MR) is 85.3 cm³/mol. The maximum absolute atomic E-state index is 8.90. The fraction of sp³-hybridized carbons (Fsp3) is 0.353. The molecule has 116 valence electrons. The first-order valence-corrected chi connectivity index (χ1v) is 7.16. The van der Waals surface area contributed by atoms with E-state index in [-0.39, 0.29) is 6.04 Å². The number of hydrogen-bond acceptors (Lipinski definition) is 5. The van der Waals surface area contributed by atoms with Gasteiger partial charge in [0.1, 0.15) is 11.5 Å². The SMILES string of the molecule is COC1=CCC(OC)=C(CNC2=CC=C(C#N)C[C@@H]2N)C=C1. The Balaban J connectivity index is 2.07. The van der Waals surface area contributed by atoms with Crippen LogP contribution in [0.1, 0.15) is 12.8 Å². The van der Waals surface area contributed by atoms with Gasteiger partial charge in [0, 0.05) is 42.3 Å². The maximum Gasteiger partial charge on any atom is 0.115 e. The van der Waals surface area contributed by atoms with Gasteiger partial charge in [-0.25, -0.2) is 0 Å². The molecule has 5 heteroatoms. The van der Waals surface area contributed by atoms with Crippen molar-refractivity contribution in [1.82, 2.24) is 5.32 Å². The average molecular weight is 299 g/mol. The molecule has 0 aromatic rings. The standard InChI is InChI=1S/C17H21N3O2/c1-21-14-5-4-13(17(22-2)8-6-14)11-20-16-7-3-12(10-18)9-15(16)19/h3-7,15,20H,8-9,11,19H2,1-2H3/t15-/m0/s1. The number of nitriles is 1. The molecule has 0 bridgehead atoms. The van der Waals surface area contributed by atoms with Crippen LogP contribution < -0.4 is 11.1 Å². The summed E-state index contributed by atoms with van der Waals surface area (Å²) in [6, 6.07) is 1.97. The van der Waals surface area contributed by atoms with Gasteiger partial charge in [0.15, 0.2) is 0 Å². The van der Waals surface area contributed by atoms with Gasteiger partial charge in [-0.15, -0.1) is 0 Å². The van der Waals surface area contributed by atoms with E-state index >= 15 is 0 Å². The van der Waals surface area contributed by atoms with Crippen molar-refractivity contribution in [1.29, 1.82) is 5.26 Å². The van der Waals surface area contributed by atoms with Crippen molar-refractivity contribution < 1.29 is 9.47 Å². The minimum absolute atomic E-state index is 0.173. The van der Waals surface area contributed by atoms with E-state index in [0.717, 1.165) is 22.8 Å². The van der Waals surface area contributed by atoms with Crippen LogP contribution in [0.3, 0.4) is 0 Å². The third-order valence-electron chi connectivity index (χ3n) is 3.71. The van der Waals surface area contributed by atoms with Crippen LogP contribution >= 0.6 is 0 Å². The molecule has 0 saturated carbocycles. The lowest BCUT2D eigenvalue weighted by molar-refractivity contribution is 0.277. The normalized spacial score (nSPS) is 21.2. The number of rotatable bonds is 5. The monoisotopic (exact) mass is 299 g/mol. The Morgan fingerprint density at radius 1 is 1.32 bits per heavy atom. The van der Waals surface area contributed by atoms with Crippen LogP contribution in [-0.2, 0) is 9.47 Å². The van der Waals surface area contributed by atoms with Gasteiger partial charge >= 0.3 is 0 Å². The summed E-state index contributed by atoms with van der Waals surface area (Å²) in [6.07, 6.45) is 10.8. The number of nitrogens with zero attached hydrogens (tertiary/aromatic N) is 1. The Morgan fingerprint density at radius 3 is 2.77 bits per heavy atom. The third-order valence-corrected chi connectivity index (χ3v) is 3.71. The van der Waals surface area contributed by atoms with E-state index in [0.29, 0.717) is 25.0 Å². The predicted octanol–water partition coefficient (Wildman–Crippen LogP) is 2.03. The Kier molecular flexibility index (Phi) is 5.45. The van der Waals surface area contributed by atoms with Crippen LogP contribution in [0.5, 0.6) is 0 Å². The van der Waals surface area contributed by atoms with Crippen LogP contribution in [0.2, 0.25) is 0 Å². The molecule has 0 unspecified atom stereocenters. The summed E-state index contributed by atoms with van der Waals surface area (Å²) in [6.45, 7) is 0.611. The lowest BCUT2D eigenvalue weighted by Gasteiger charge is -2.21. The molecular formula is C17H21N3O2. The molecule has 0 amide bonds. The Morgan fingerprint density at radius 2 is 2.14 bits per heavy atom. The van der Waals surface area contributed by atoms with E-state index in [4.69, 9.17) is 20.5 Å². The van der Waals surface area contributed by atoms with E-state index in [1.54, 1.807) is 14.2 Å². The van der Waals surface area contributed by atoms with E-state index in [1.165, 1.54) is 0 Å². The molecule has 2 aliphatic rings. The smallest absolute Gasteiger partial charge is 0.115 e. The van der Waals surface area contributed by atoms with Crippen LogP contribution in [0.25, 0.3) is 0 Å². The van der Waals surface area contributed by atoms with Crippen LogP contribution in [0, 0.1) is 11.3 Å². The van der Waals surface area contributed by atoms with Gasteiger partial charge in [-0.2, -0.15) is 5.26 Å². The highest BCUT2D eigenvalue weighted by atomic mass is 16.5. The molecule has 5 nitrogen and oxygen atoms in total. The molecule has 0 radical (unpaired) electrons. The van der Waals surface area contributed by atoms with Crippen LogP contribution in [0.4, 0.5) is 0 Å². The second-order valence-electron chi connectivity index (χ2n) is 5.09. The largest absolute Gasteiger partial charge is 0.500 e. The zero-order chi connectivity index (χ0) is 15.9. The minimum Gasteiger partial charge on any atom is -0.500 e. The quantitative estimate of drug-likeness (QED) is 0.812. The molecule has 0 spiro atoms. The Bertz CT molecular complexity index is 618. The van der Waals surface area contributed by atoms with Crippen molar-refractivity contribution in [3.63, 3.8) is 0 Å². The van der Waals surface area contributed by atoms with Crippen molar-refractivity contribution in [2.45, 2.75) is 18.9 Å². The number of allylic oxidation sites excluding steroid dienone is 4. The molecule has 0 aromatic heterocycles. The van der Waals surface area contributed by atoms with E-state index in [1.807, 2.05) is 30.4 Å². The first-order valence-electron chi connectivity index (χ1n) is 7.16. The molecule has 0 heterocycles. The van der Waals surface area contributed by atoms with Crippen molar-refractivity contribution in [3.8, 4) is 6.07 Å². The zero-order valence-electron chi connectivity index (χ0n) is 12.9. The summed E-state index contributed by atoms with van der Waals surface area (Å²) in [5.74, 6) is 1.72. The van der Waals surface area contributed by atoms with Crippen molar-refractivity contribution >= 4 is 0 Å². The topological polar surface area (TPSA) is 80.3 Å². The van der Waals surface area contributed by atoms with Gasteiger partial charge in [0.2, 0.25) is 0 Å². The highest BCUT2D eigenvalue weighted by Gasteiger charge is 2.16. The molecule has 0 aliphatic heterocycles. The van der Waals surface area contributed by atoms with Crippen molar-refractivity contribution in [3.05, 3.63) is 58.7 Å². The van der Waals surface area contributed by atoms with E-state index in [2.05, 4.69) is 11.4 Å². The molecule has 3 N–H and O–H groups in total. The van der Waals surface area contributed by atoms with Crippen LogP contribution in [-0.4, -0.2) is 26.8 Å². The Labute approximate surface area is 131 Å². The summed E-state index contributed by atoms with van der Waals surface area (Å²) < 4.78 is 10.7. The van der Waals surface area contributed by atoms with Gasteiger partial charge in [-0.1, -0.05) is 6.08 Å². The minimum atomic E-state index is -0.173. The summed E-state index contributed by atoms with van der Waals surface area (Å²) in [5, 5.41) is 12.2. The van der Waals surface area contributed by atoms with Crippen molar-refractivity contribution in [2.24, 2.45) is 5.73 Å². The van der Waals surface area contributed by atoms with Crippen molar-refractivity contribution in [2.75, 3.05) is 20.8 Å². The van der Waals surface area contributed by atoms with E-state index in [9.17, 15) is 0 Å². The molecule has 2 aliphatic carbocycles. The van der Waals surface area contributed by atoms with Gasteiger partial charge in [0.25, 0.3) is 0 Å². The van der Waals surface area contributed by atoms with Gasteiger partial charge < -0.3 is 20.5 Å². The number of ether oxygens (including phenoxy) is 2. The fourth-order valence-electron chi connectivity index (χ4n) is 2.39. The summed E-state index contributed by atoms with van der Waals surface area (Å²) in [5.41, 5.74) is 8.77. The summed E-state index contributed by atoms with van der Waals surface area (Å²) in [4.78, 5) is 0. The fourth-order valence-corrected chi connectivity index (χ4v) is 2.39. The summed E-state index contributed by atoms with van der Waals surface area (Å²) >= 11 is 0. The van der Waals surface area contributed by atoms with Gasteiger partial charge in [-0.05, 0) is 24.3 Å². The first-order chi connectivity index (χ1) is 10.7. The highest BCUT2D eigenvalue weighted by molar-refractivity contribution is 5.37. The van der Waals surface area contributed by atoms with Crippen LogP contribution in [0.15, 0.2) is 58.7 Å². The molecule has 1 atom stereocenters. The maximum atomic E-state index is 8.90. The second-order valence-corrected chi connectivity index (χ2v) is 5.09. The lowest BCUT2D eigenvalue weighted by Crippen LogP contribution is -2.34. The number of nitrogens with two attached hydrogens (primary N) is 1. The Hall–Kier alpha value is -2.45. The third kappa shape index (κ3) is 3.80. The highest BCUT2D eigenvalue weighted by Crippen LogP contribution is 2.20. The number of nitrogens with one attached hydrogen (secondary N) is 1. The number of hydrogen-bond donors (Lipinski definition) is 2. The second kappa shape index (κ2) is 7.53. The number of methoxy groups -OCH3 is 2. The molecule has 0 saturated heterocycles. The van der Waals surface area contributed by atoms with E-state index < -0.39 is 0 Å². The average Bonchev–Trinajstić information content (AvgIpc) is 2.75. The molecular weight excluding hydrogens is 278 g/mol. The molecule has 22 heavy (non-hydrogen) atoms. The zero-order valence-corrected chi connectivity index (χ0v) is 12.9. The summed E-state index contributed by atoms with van der Waals surface area (Å²) in [7, 11) is 3.32.